The van der Waals surface area contributed by atoms with E-state index in [0.29, 0.717) is 0 Å². The van der Waals surface area contributed by atoms with E-state index < -0.39 is 0 Å². The smallest absolute Gasteiger partial charge is 0.0547 e. The summed E-state index contributed by atoms with van der Waals surface area (Å²) in [7, 11) is 0. The summed E-state index contributed by atoms with van der Waals surface area (Å²) in [6.07, 6.45) is 0. The number of fused-ring (bicyclic) bond motifs is 10. The highest BCUT2D eigenvalue weighted by Crippen LogP contribution is 2.42. The molecule has 55 heavy (non-hydrogen) atoms. The van der Waals surface area contributed by atoms with Gasteiger partial charge in [0, 0.05) is 52.8 Å². The number of para-hydroxylation sites is 3. The zero-order valence-electron chi connectivity index (χ0n) is 29.8. The van der Waals surface area contributed by atoms with Crippen LogP contribution in [0.3, 0.4) is 0 Å². The highest BCUT2D eigenvalue weighted by molar-refractivity contribution is 7.25. The summed E-state index contributed by atoms with van der Waals surface area (Å²) in [6.45, 7) is 0. The van der Waals surface area contributed by atoms with Gasteiger partial charge in [0.2, 0.25) is 0 Å². The van der Waals surface area contributed by atoms with Gasteiger partial charge >= 0.3 is 0 Å². The van der Waals surface area contributed by atoms with Crippen LogP contribution in [0.25, 0.3) is 108 Å². The van der Waals surface area contributed by atoms with E-state index in [0.717, 1.165) is 0 Å². The van der Waals surface area contributed by atoms with Gasteiger partial charge in [-0.05, 0) is 88.3 Å². The molecule has 0 N–H and O–H groups in total. The Balaban J connectivity index is 1.03. The number of hydrogen-bond acceptors (Lipinski definition) is 1. The van der Waals surface area contributed by atoms with E-state index in [9.17, 15) is 0 Å². The summed E-state index contributed by atoms with van der Waals surface area (Å²) in [5.74, 6) is 0. The van der Waals surface area contributed by atoms with Gasteiger partial charge in [0.25, 0.3) is 0 Å². The second-order valence-corrected chi connectivity index (χ2v) is 15.6. The van der Waals surface area contributed by atoms with Crippen molar-refractivity contribution in [1.82, 2.24) is 9.13 Å². The molecule has 0 fully saturated rings. The van der Waals surface area contributed by atoms with E-state index in [1.165, 1.54) is 108 Å². The van der Waals surface area contributed by atoms with Crippen LogP contribution >= 0.6 is 11.3 Å². The van der Waals surface area contributed by atoms with Gasteiger partial charge < -0.3 is 9.13 Å². The third-order valence-corrected chi connectivity index (χ3v) is 12.7. The summed E-state index contributed by atoms with van der Waals surface area (Å²) in [6, 6.07) is 71.5. The fourth-order valence-electron chi connectivity index (χ4n) is 9.04. The van der Waals surface area contributed by atoms with Crippen LogP contribution in [0, 0.1) is 0 Å². The molecule has 0 spiro atoms. The van der Waals surface area contributed by atoms with Crippen LogP contribution in [0.5, 0.6) is 0 Å². The van der Waals surface area contributed by atoms with Crippen molar-refractivity contribution < 1.29 is 0 Å². The Morgan fingerprint density at radius 2 is 0.855 bits per heavy atom. The maximum absolute atomic E-state index is 2.46. The number of hydrogen-bond donors (Lipinski definition) is 0. The van der Waals surface area contributed by atoms with Gasteiger partial charge in [-0.25, -0.2) is 0 Å². The molecule has 0 aliphatic heterocycles. The van der Waals surface area contributed by atoms with E-state index in [1.807, 2.05) is 11.3 Å². The summed E-state index contributed by atoms with van der Waals surface area (Å²) in [5, 5.41) is 10.2. The molecular formula is C52H32N2S. The first kappa shape index (κ1) is 30.5. The standard InChI is InChI=1S/C52H32N2S/c1-2-12-36(13-3-1)53-46-19-9-6-16-40(46)42-25-22-34(31-50(42)53)33-24-28-49-45(30-33)41-17-7-10-20-47(41)54(49)48-29-27-37(38-14-4-5-15-39(38)48)35-23-26-44-43-18-8-11-21-51(43)55-52(44)32-35/h1-32H. The average molecular weight is 717 g/mol. The summed E-state index contributed by atoms with van der Waals surface area (Å²) >= 11 is 1.87. The largest absolute Gasteiger partial charge is 0.309 e. The molecule has 2 nitrogen and oxygen atoms in total. The SMILES string of the molecule is c1ccc(-n2c3ccccc3c3ccc(-c4ccc5c(c4)c4ccccc4n5-c4ccc(-c5ccc6c(c5)sc5ccccc56)c5ccccc45)cc32)cc1. The molecule has 0 saturated heterocycles. The molecule has 12 aromatic rings. The molecule has 0 saturated carbocycles. The third kappa shape index (κ3) is 4.54. The zero-order chi connectivity index (χ0) is 36.0. The molecule has 3 heterocycles. The first-order chi connectivity index (χ1) is 27.3. The van der Waals surface area contributed by atoms with Crippen LogP contribution < -0.4 is 0 Å². The van der Waals surface area contributed by atoms with Gasteiger partial charge in [-0.15, -0.1) is 11.3 Å². The topological polar surface area (TPSA) is 9.86 Å². The zero-order valence-corrected chi connectivity index (χ0v) is 30.6. The fraction of sp³-hybridized carbons (Fsp3) is 0. The Labute approximate surface area is 321 Å². The van der Waals surface area contributed by atoms with Gasteiger partial charge in [0.05, 0.1) is 27.8 Å². The number of thiophene rings is 1. The van der Waals surface area contributed by atoms with Crippen molar-refractivity contribution in [3.63, 3.8) is 0 Å². The van der Waals surface area contributed by atoms with E-state index in [1.54, 1.807) is 0 Å². The van der Waals surface area contributed by atoms with Gasteiger partial charge in [0.15, 0.2) is 0 Å². The van der Waals surface area contributed by atoms with Crippen LogP contribution in [0.1, 0.15) is 0 Å². The maximum atomic E-state index is 2.46. The van der Waals surface area contributed by atoms with E-state index in [-0.39, 0.29) is 0 Å². The van der Waals surface area contributed by atoms with Crippen molar-refractivity contribution in [2.75, 3.05) is 0 Å². The minimum absolute atomic E-state index is 1.17. The van der Waals surface area contributed by atoms with Crippen molar-refractivity contribution in [3.8, 4) is 33.6 Å². The second-order valence-electron chi connectivity index (χ2n) is 14.5. The molecule has 0 bridgehead atoms. The molecule has 0 aliphatic rings. The Morgan fingerprint density at radius 3 is 1.69 bits per heavy atom. The van der Waals surface area contributed by atoms with Crippen LogP contribution in [0.4, 0.5) is 0 Å². The lowest BCUT2D eigenvalue weighted by molar-refractivity contribution is 1.18. The Kier molecular flexibility index (Phi) is 6.54. The van der Waals surface area contributed by atoms with Gasteiger partial charge in [-0.1, -0.05) is 133 Å². The summed E-state index contributed by atoms with van der Waals surface area (Å²) < 4.78 is 7.52. The minimum Gasteiger partial charge on any atom is -0.309 e. The summed E-state index contributed by atoms with van der Waals surface area (Å²) in [5.41, 5.74) is 12.1. The molecule has 0 unspecified atom stereocenters. The number of aromatic nitrogens is 2. The molecule has 0 aliphatic carbocycles. The van der Waals surface area contributed by atoms with E-state index in [2.05, 4.69) is 203 Å². The lowest BCUT2D eigenvalue weighted by Crippen LogP contribution is -1.96. The van der Waals surface area contributed by atoms with Crippen molar-refractivity contribution >= 4 is 85.9 Å². The van der Waals surface area contributed by atoms with Crippen molar-refractivity contribution in [2.24, 2.45) is 0 Å². The third-order valence-electron chi connectivity index (χ3n) is 11.5. The maximum Gasteiger partial charge on any atom is 0.0547 e. The molecule has 3 aromatic heterocycles. The molecule has 0 amide bonds. The van der Waals surface area contributed by atoms with E-state index >= 15 is 0 Å². The first-order valence-corrected chi connectivity index (χ1v) is 19.7. The highest BCUT2D eigenvalue weighted by Gasteiger charge is 2.18. The fourth-order valence-corrected chi connectivity index (χ4v) is 10.2. The monoisotopic (exact) mass is 716 g/mol. The quantitative estimate of drug-likeness (QED) is 0.172. The Bertz CT molecular complexity index is 3490. The lowest BCUT2D eigenvalue weighted by Gasteiger charge is -2.15. The lowest BCUT2D eigenvalue weighted by atomic mass is 9.96. The Morgan fingerprint density at radius 1 is 0.291 bits per heavy atom. The number of nitrogens with zero attached hydrogens (tertiary/aromatic N) is 2. The highest BCUT2D eigenvalue weighted by atomic mass is 32.1. The molecule has 9 aromatic carbocycles. The molecule has 0 radical (unpaired) electrons. The molecule has 256 valence electrons. The average Bonchev–Trinajstić information content (AvgIpc) is 3.90. The van der Waals surface area contributed by atoms with Gasteiger partial charge in [-0.3, -0.25) is 0 Å². The normalized spacial score (nSPS) is 12.0. The summed E-state index contributed by atoms with van der Waals surface area (Å²) in [4.78, 5) is 0. The van der Waals surface area contributed by atoms with Crippen molar-refractivity contribution in [2.45, 2.75) is 0 Å². The minimum atomic E-state index is 1.17. The van der Waals surface area contributed by atoms with Crippen LogP contribution in [-0.2, 0) is 0 Å². The molecule has 0 atom stereocenters. The Hall–Kier alpha value is -6.94. The van der Waals surface area contributed by atoms with E-state index in [4.69, 9.17) is 0 Å². The van der Waals surface area contributed by atoms with Crippen LogP contribution in [-0.4, -0.2) is 9.13 Å². The number of rotatable bonds is 4. The second kappa shape index (κ2) is 11.8. The van der Waals surface area contributed by atoms with Crippen molar-refractivity contribution in [3.05, 3.63) is 194 Å². The van der Waals surface area contributed by atoms with Gasteiger partial charge in [0.1, 0.15) is 0 Å². The first-order valence-electron chi connectivity index (χ1n) is 18.8. The molecule has 12 rings (SSSR count). The predicted molar refractivity (Wildman–Crippen MR) is 236 cm³/mol. The molecule has 3 heteroatoms. The van der Waals surface area contributed by atoms with Crippen LogP contribution in [0.2, 0.25) is 0 Å². The molecular weight excluding hydrogens is 685 g/mol. The van der Waals surface area contributed by atoms with Crippen LogP contribution in [0.15, 0.2) is 194 Å². The predicted octanol–water partition coefficient (Wildman–Crippen LogP) is 14.7. The van der Waals surface area contributed by atoms with Crippen molar-refractivity contribution in [1.29, 1.82) is 0 Å². The van der Waals surface area contributed by atoms with Gasteiger partial charge in [-0.2, -0.15) is 0 Å². The number of benzene rings is 9.